The minimum absolute atomic E-state index is 0.112. The summed E-state index contributed by atoms with van der Waals surface area (Å²) >= 11 is 1.37. The monoisotopic (exact) mass is 434 g/mol. The van der Waals surface area contributed by atoms with Gasteiger partial charge in [-0.15, -0.1) is 0 Å². The van der Waals surface area contributed by atoms with Crippen molar-refractivity contribution in [1.29, 1.82) is 0 Å². The third-order valence-corrected chi connectivity index (χ3v) is 6.18. The van der Waals surface area contributed by atoms with E-state index in [4.69, 9.17) is 4.74 Å². The number of aryl methyl sites for hydroxylation is 2. The number of thioether (sulfide) groups is 1. The van der Waals surface area contributed by atoms with E-state index in [0.29, 0.717) is 22.4 Å². The van der Waals surface area contributed by atoms with Crippen LogP contribution in [-0.4, -0.2) is 52.7 Å². The lowest BCUT2D eigenvalue weighted by molar-refractivity contribution is -0.128. The fourth-order valence-corrected chi connectivity index (χ4v) is 4.19. The van der Waals surface area contributed by atoms with Crippen LogP contribution in [0, 0.1) is 13.8 Å². The van der Waals surface area contributed by atoms with E-state index in [0.717, 1.165) is 31.7 Å². The Kier molecular flexibility index (Phi) is 6.72. The average molecular weight is 435 g/mol. The number of piperazine rings is 1. The maximum atomic E-state index is 12.8. The van der Waals surface area contributed by atoms with E-state index in [1.165, 1.54) is 23.0 Å². The Morgan fingerprint density at radius 2 is 1.52 bits per heavy atom. The van der Waals surface area contributed by atoms with Crippen LogP contribution in [0.25, 0.3) is 0 Å². The predicted molar refractivity (Wildman–Crippen MR) is 124 cm³/mol. The van der Waals surface area contributed by atoms with E-state index < -0.39 is 0 Å². The van der Waals surface area contributed by atoms with Gasteiger partial charge in [-0.25, -0.2) is 9.97 Å². The molecule has 31 heavy (non-hydrogen) atoms. The topological polar surface area (TPSA) is 58.6 Å². The van der Waals surface area contributed by atoms with Crippen molar-refractivity contribution in [3.63, 3.8) is 0 Å². The summed E-state index contributed by atoms with van der Waals surface area (Å²) in [7, 11) is 0. The molecule has 6 nitrogen and oxygen atoms in total. The number of hydrogen-bond acceptors (Lipinski definition) is 6. The summed E-state index contributed by atoms with van der Waals surface area (Å²) in [6.45, 7) is 7.24. The van der Waals surface area contributed by atoms with Crippen LogP contribution in [0.2, 0.25) is 0 Å². The first kappa shape index (κ1) is 21.2. The summed E-state index contributed by atoms with van der Waals surface area (Å²) in [5.41, 5.74) is 3.63. The highest BCUT2D eigenvalue weighted by molar-refractivity contribution is 8.00. The molecule has 1 saturated heterocycles. The fourth-order valence-electron chi connectivity index (χ4n) is 3.39. The second-order valence-corrected chi connectivity index (χ2v) is 8.54. The lowest BCUT2D eigenvalue weighted by Crippen LogP contribution is -2.49. The molecule has 1 amide bonds. The van der Waals surface area contributed by atoms with Crippen LogP contribution in [0.5, 0.6) is 11.6 Å². The summed E-state index contributed by atoms with van der Waals surface area (Å²) in [6, 6.07) is 16.3. The van der Waals surface area contributed by atoms with E-state index in [1.54, 1.807) is 12.4 Å². The van der Waals surface area contributed by atoms with Gasteiger partial charge in [-0.05, 0) is 38.1 Å². The lowest BCUT2D eigenvalue weighted by Gasteiger charge is -2.36. The fraction of sp³-hybridized carbons (Fsp3) is 0.292. The Hall–Kier alpha value is -3.06. The van der Waals surface area contributed by atoms with Gasteiger partial charge in [0.05, 0.1) is 5.75 Å². The molecule has 1 fully saturated rings. The molecule has 0 radical (unpaired) electrons. The summed E-state index contributed by atoms with van der Waals surface area (Å²) in [4.78, 5) is 25.7. The number of anilines is 1. The maximum Gasteiger partial charge on any atom is 0.252 e. The van der Waals surface area contributed by atoms with Gasteiger partial charge in [0.15, 0.2) is 5.03 Å². The average Bonchev–Trinajstić information content (AvgIpc) is 2.80. The van der Waals surface area contributed by atoms with Crippen molar-refractivity contribution in [2.75, 3.05) is 36.8 Å². The molecule has 0 unspecified atom stereocenters. The summed E-state index contributed by atoms with van der Waals surface area (Å²) < 4.78 is 5.89. The molecule has 7 heteroatoms. The van der Waals surface area contributed by atoms with Crippen LogP contribution in [-0.2, 0) is 4.79 Å². The zero-order valence-electron chi connectivity index (χ0n) is 17.8. The SMILES string of the molecule is Cc1ccc(Oc2nccnc2SCC(=O)N2CCN(c3ccc(C)cc3)CC2)cc1. The van der Waals surface area contributed by atoms with E-state index in [9.17, 15) is 4.79 Å². The molecule has 1 aliphatic rings. The maximum absolute atomic E-state index is 12.8. The second kappa shape index (κ2) is 9.83. The molecule has 1 aromatic heterocycles. The number of hydrogen-bond donors (Lipinski definition) is 0. The highest BCUT2D eigenvalue weighted by Crippen LogP contribution is 2.29. The number of carbonyl (C=O) groups is 1. The van der Waals surface area contributed by atoms with Gasteiger partial charge in [0.1, 0.15) is 5.75 Å². The van der Waals surface area contributed by atoms with Gasteiger partial charge in [-0.2, -0.15) is 0 Å². The minimum atomic E-state index is 0.112. The predicted octanol–water partition coefficient (Wildman–Crippen LogP) is 4.33. The van der Waals surface area contributed by atoms with Gasteiger partial charge < -0.3 is 14.5 Å². The first-order valence-electron chi connectivity index (χ1n) is 10.4. The van der Waals surface area contributed by atoms with Crippen LogP contribution in [0.1, 0.15) is 11.1 Å². The molecule has 2 aromatic carbocycles. The van der Waals surface area contributed by atoms with Crippen molar-refractivity contribution in [2.24, 2.45) is 0 Å². The van der Waals surface area contributed by atoms with Crippen LogP contribution in [0.15, 0.2) is 66.0 Å². The van der Waals surface area contributed by atoms with Gasteiger partial charge >= 0.3 is 0 Å². The Morgan fingerprint density at radius 1 is 0.903 bits per heavy atom. The Morgan fingerprint density at radius 3 is 2.19 bits per heavy atom. The quantitative estimate of drug-likeness (QED) is 0.539. The summed E-state index contributed by atoms with van der Waals surface area (Å²) in [5, 5.41) is 0.620. The number of rotatable bonds is 6. The first-order chi connectivity index (χ1) is 15.1. The number of benzene rings is 2. The van der Waals surface area contributed by atoms with Crippen molar-refractivity contribution >= 4 is 23.4 Å². The van der Waals surface area contributed by atoms with Crippen molar-refractivity contribution in [1.82, 2.24) is 14.9 Å². The van der Waals surface area contributed by atoms with E-state index in [2.05, 4.69) is 46.1 Å². The highest BCUT2D eigenvalue weighted by Gasteiger charge is 2.22. The standard InChI is InChI=1S/C24H26N4O2S/c1-18-3-7-20(8-4-18)27-13-15-28(16-14-27)22(29)17-31-24-23(25-11-12-26-24)30-21-9-5-19(2)6-10-21/h3-12H,13-17H2,1-2H3. The third-order valence-electron chi connectivity index (χ3n) is 5.23. The number of nitrogens with zero attached hydrogens (tertiary/aromatic N) is 4. The second-order valence-electron chi connectivity index (χ2n) is 7.57. The normalized spacial score (nSPS) is 13.9. The van der Waals surface area contributed by atoms with Crippen LogP contribution in [0.3, 0.4) is 0 Å². The van der Waals surface area contributed by atoms with Gasteiger partial charge in [0.2, 0.25) is 5.91 Å². The Labute approximate surface area is 187 Å². The molecule has 0 bridgehead atoms. The number of aromatic nitrogens is 2. The van der Waals surface area contributed by atoms with E-state index >= 15 is 0 Å². The number of amides is 1. The van der Waals surface area contributed by atoms with E-state index in [1.807, 2.05) is 36.1 Å². The third kappa shape index (κ3) is 5.55. The smallest absolute Gasteiger partial charge is 0.252 e. The zero-order valence-corrected chi connectivity index (χ0v) is 18.6. The molecule has 0 spiro atoms. The lowest BCUT2D eigenvalue weighted by atomic mass is 10.2. The summed E-state index contributed by atoms with van der Waals surface area (Å²) in [6.07, 6.45) is 3.22. The van der Waals surface area contributed by atoms with Crippen LogP contribution >= 0.6 is 11.8 Å². The molecular weight excluding hydrogens is 408 g/mol. The molecule has 4 rings (SSSR count). The molecule has 0 N–H and O–H groups in total. The molecule has 0 atom stereocenters. The van der Waals surface area contributed by atoms with Crippen molar-refractivity contribution in [3.05, 3.63) is 72.1 Å². The Bertz CT molecular complexity index is 1020. The van der Waals surface area contributed by atoms with E-state index in [-0.39, 0.29) is 5.91 Å². The largest absolute Gasteiger partial charge is 0.437 e. The first-order valence-corrected chi connectivity index (χ1v) is 11.3. The number of ether oxygens (including phenoxy) is 1. The summed E-state index contributed by atoms with van der Waals surface area (Å²) in [5.74, 6) is 1.55. The van der Waals surface area contributed by atoms with Crippen LogP contribution in [0.4, 0.5) is 5.69 Å². The molecule has 0 saturated carbocycles. The molecular formula is C24H26N4O2S. The zero-order chi connectivity index (χ0) is 21.6. The van der Waals surface area contributed by atoms with Crippen LogP contribution < -0.4 is 9.64 Å². The van der Waals surface area contributed by atoms with Gasteiger partial charge in [0.25, 0.3) is 5.88 Å². The van der Waals surface area contributed by atoms with Gasteiger partial charge in [-0.1, -0.05) is 47.2 Å². The van der Waals surface area contributed by atoms with Crippen molar-refractivity contribution < 1.29 is 9.53 Å². The number of carbonyl (C=O) groups excluding carboxylic acids is 1. The highest BCUT2D eigenvalue weighted by atomic mass is 32.2. The molecule has 3 aromatic rings. The molecule has 2 heterocycles. The Balaban J connectivity index is 1.31. The van der Waals surface area contributed by atoms with Crippen molar-refractivity contribution in [2.45, 2.75) is 18.9 Å². The molecule has 0 aliphatic carbocycles. The molecule has 1 aliphatic heterocycles. The van der Waals surface area contributed by atoms with Crippen molar-refractivity contribution in [3.8, 4) is 11.6 Å². The van der Waals surface area contributed by atoms with Gasteiger partial charge in [-0.3, -0.25) is 4.79 Å². The van der Waals surface area contributed by atoms with Gasteiger partial charge in [0, 0.05) is 44.3 Å². The molecule has 160 valence electrons. The minimum Gasteiger partial charge on any atom is -0.437 e.